The molecule has 8 rings (SSSR count). The molecule has 5 aromatic carbocycles. The molecule has 3 atom stereocenters. The number of hydrogen-bond donors (Lipinski definition) is 2. The van der Waals surface area contributed by atoms with Gasteiger partial charge < -0.3 is 0 Å². The molecular weight excluding hydrogens is 773 g/mol. The third kappa shape index (κ3) is 7.16. The van der Waals surface area contributed by atoms with Crippen molar-refractivity contribution < 1.29 is 28.8 Å². The van der Waals surface area contributed by atoms with Gasteiger partial charge in [0, 0.05) is 0 Å². The number of amides is 1. The Bertz CT molecular complexity index is 2350. The van der Waals surface area contributed by atoms with Gasteiger partial charge in [-0.05, 0) is 0 Å². The maximum absolute atomic E-state index is 13.1. The monoisotopic (exact) mass is 813 g/mol. The number of anilines is 1. The molecule has 0 unspecified atom stereocenters. The number of ether oxygens (including phenoxy) is 4. The first-order chi connectivity index (χ1) is 27.4. The molecular formula is C44H39N5O6Se. The molecule has 1 amide bonds. The van der Waals surface area contributed by atoms with Crippen LogP contribution in [0.4, 0.5) is 5.82 Å². The molecule has 1 aliphatic heterocycles. The van der Waals surface area contributed by atoms with Crippen LogP contribution in [0.1, 0.15) is 39.7 Å². The molecule has 0 radical (unpaired) electrons. The topological polar surface area (TPSA) is 130 Å². The van der Waals surface area contributed by atoms with E-state index in [4.69, 9.17) is 18.9 Å². The third-order valence-corrected chi connectivity index (χ3v) is 12.7. The summed E-state index contributed by atoms with van der Waals surface area (Å²) >= 11 is -0.440. The normalized spacial score (nSPS) is 18.1. The maximum atomic E-state index is 13.1. The van der Waals surface area contributed by atoms with Crippen LogP contribution in [-0.2, 0) is 15.1 Å². The average molecular weight is 813 g/mol. The standard InChI is InChI=1S/C44H39N5O6Se/c1-52-34-22-18-32(19-23-34)44(31-14-8-4-9-15-31,33-20-24-35(53-2)25-21-33)54-27-43(56-36-16-10-5-11-17-36)37(50)26-38(55-43)49-29-47-39-40(45-28-46-41(39)49)48-42(51)30-12-6-3-7-13-30/h3-25,28-29,37-38,50H,26-27H2,1-2H3,(H,45,46,48,51)/t37-,38+,43+/m0/s1. The summed E-state index contributed by atoms with van der Waals surface area (Å²) in [4.78, 5) is 26.6. The van der Waals surface area contributed by atoms with Crippen LogP contribution in [0.3, 0.4) is 0 Å². The Morgan fingerprint density at radius 1 is 0.804 bits per heavy atom. The summed E-state index contributed by atoms with van der Waals surface area (Å²) in [6.07, 6.45) is 1.64. The van der Waals surface area contributed by atoms with Crippen molar-refractivity contribution in [3.8, 4) is 11.5 Å². The number of rotatable bonds is 13. The van der Waals surface area contributed by atoms with E-state index in [1.807, 2.05) is 115 Å². The van der Waals surface area contributed by atoms with Gasteiger partial charge >= 0.3 is 326 Å². The molecule has 0 spiro atoms. The minimum atomic E-state index is -1.16. The number of imidazole rings is 1. The molecule has 282 valence electrons. The summed E-state index contributed by atoms with van der Waals surface area (Å²) in [6, 6.07) is 44.7. The Morgan fingerprint density at radius 2 is 1.38 bits per heavy atom. The number of carbonyl (C=O) groups excluding carboxylic acids is 1. The van der Waals surface area contributed by atoms with Crippen LogP contribution in [0.15, 0.2) is 152 Å². The van der Waals surface area contributed by atoms with Crippen molar-refractivity contribution >= 4 is 42.3 Å². The zero-order valence-electron chi connectivity index (χ0n) is 30.7. The minimum absolute atomic E-state index is 0.0203. The Kier molecular flexibility index (Phi) is 10.6. The molecule has 12 heteroatoms. The van der Waals surface area contributed by atoms with Crippen LogP contribution in [-0.4, -0.2) is 76.9 Å². The van der Waals surface area contributed by atoms with Gasteiger partial charge in [0.05, 0.1) is 0 Å². The molecule has 1 saturated heterocycles. The van der Waals surface area contributed by atoms with E-state index in [2.05, 4.69) is 20.3 Å². The zero-order chi connectivity index (χ0) is 38.5. The predicted molar refractivity (Wildman–Crippen MR) is 213 cm³/mol. The van der Waals surface area contributed by atoms with Gasteiger partial charge in [0.15, 0.2) is 0 Å². The molecule has 1 aliphatic rings. The number of nitrogens with zero attached hydrogens (tertiary/aromatic N) is 4. The Balaban J connectivity index is 1.19. The van der Waals surface area contributed by atoms with Crippen molar-refractivity contribution in [2.45, 2.75) is 28.9 Å². The number of methoxy groups -OCH3 is 2. The number of aliphatic hydroxyl groups excluding tert-OH is 1. The Morgan fingerprint density at radius 3 is 1.98 bits per heavy atom. The van der Waals surface area contributed by atoms with Crippen molar-refractivity contribution in [2.24, 2.45) is 0 Å². The fraction of sp³-hybridized carbons (Fsp3) is 0.182. The fourth-order valence-corrected chi connectivity index (χ4v) is 9.56. The first kappa shape index (κ1) is 37.1. The zero-order valence-corrected chi connectivity index (χ0v) is 32.4. The molecule has 56 heavy (non-hydrogen) atoms. The molecule has 0 bridgehead atoms. The Labute approximate surface area is 330 Å². The second-order valence-corrected chi connectivity index (χ2v) is 16.1. The summed E-state index contributed by atoms with van der Waals surface area (Å²) < 4.78 is 27.2. The first-order valence-electron chi connectivity index (χ1n) is 18.0. The van der Waals surface area contributed by atoms with Crippen LogP contribution < -0.4 is 19.3 Å². The first-order valence-corrected chi connectivity index (χ1v) is 19.8. The van der Waals surface area contributed by atoms with Gasteiger partial charge in [-0.15, -0.1) is 0 Å². The van der Waals surface area contributed by atoms with Crippen LogP contribution in [0.25, 0.3) is 11.2 Å². The van der Waals surface area contributed by atoms with E-state index in [0.717, 1.165) is 21.2 Å². The number of aliphatic hydroxyl groups is 1. The fourth-order valence-electron chi connectivity index (χ4n) is 7.04. The van der Waals surface area contributed by atoms with Gasteiger partial charge in [-0.25, -0.2) is 0 Å². The second-order valence-electron chi connectivity index (χ2n) is 13.2. The SMILES string of the molecule is COc1ccc(C(OC[C@]2([Se]c3ccccc3)O[C@@H](n3cnc4c(NC(=O)c5ccccc5)ncnc43)C[C@@H]2O)(c2ccccc2)c2ccc(OC)cc2)cc1. The van der Waals surface area contributed by atoms with E-state index in [1.54, 1.807) is 49.4 Å². The van der Waals surface area contributed by atoms with Gasteiger partial charge in [0.2, 0.25) is 0 Å². The van der Waals surface area contributed by atoms with Crippen molar-refractivity contribution in [1.82, 2.24) is 19.5 Å². The molecule has 7 aromatic rings. The van der Waals surface area contributed by atoms with Gasteiger partial charge in [-0.1, -0.05) is 6.07 Å². The van der Waals surface area contributed by atoms with E-state index in [1.165, 1.54) is 6.33 Å². The van der Waals surface area contributed by atoms with Gasteiger partial charge in [-0.2, -0.15) is 0 Å². The molecule has 1 fully saturated rings. The number of fused-ring (bicyclic) bond motifs is 1. The number of nitrogens with one attached hydrogen (secondary N) is 1. The van der Waals surface area contributed by atoms with E-state index in [9.17, 15) is 9.90 Å². The van der Waals surface area contributed by atoms with Crippen molar-refractivity contribution in [3.63, 3.8) is 0 Å². The van der Waals surface area contributed by atoms with Crippen molar-refractivity contribution in [3.05, 3.63) is 174 Å². The van der Waals surface area contributed by atoms with E-state index in [-0.39, 0.29) is 24.8 Å². The molecule has 2 N–H and O–H groups in total. The molecule has 2 aromatic heterocycles. The molecule has 0 saturated carbocycles. The van der Waals surface area contributed by atoms with Crippen LogP contribution in [0.5, 0.6) is 11.5 Å². The molecule has 3 heterocycles. The van der Waals surface area contributed by atoms with Crippen molar-refractivity contribution in [2.75, 3.05) is 26.1 Å². The molecule has 11 nitrogen and oxygen atoms in total. The number of hydrogen-bond acceptors (Lipinski definition) is 9. The average Bonchev–Trinajstić information content (AvgIpc) is 3.83. The second kappa shape index (κ2) is 16.1. The number of carbonyl (C=O) groups is 1. The van der Waals surface area contributed by atoms with Crippen LogP contribution in [0, 0.1) is 0 Å². The Hall–Kier alpha value is -5.88. The van der Waals surface area contributed by atoms with Crippen molar-refractivity contribution in [1.29, 1.82) is 0 Å². The summed E-state index contributed by atoms with van der Waals surface area (Å²) in [5.41, 5.74) is 2.83. The predicted octanol–water partition coefficient (Wildman–Crippen LogP) is 6.11. The van der Waals surface area contributed by atoms with E-state index < -0.39 is 37.4 Å². The van der Waals surface area contributed by atoms with Gasteiger partial charge in [-0.3, -0.25) is 0 Å². The number of aromatic nitrogens is 4. The van der Waals surface area contributed by atoms with Crippen LogP contribution in [0.2, 0.25) is 0 Å². The quantitative estimate of drug-likeness (QED) is 0.105. The summed E-state index contributed by atoms with van der Waals surface area (Å²) in [5.74, 6) is 1.39. The van der Waals surface area contributed by atoms with Gasteiger partial charge in [0.1, 0.15) is 0 Å². The summed E-state index contributed by atoms with van der Waals surface area (Å²) in [6.45, 7) is 0.0203. The van der Waals surface area contributed by atoms with E-state index >= 15 is 0 Å². The number of benzene rings is 5. The summed E-state index contributed by atoms with van der Waals surface area (Å²) in [5, 5.41) is 15.1. The van der Waals surface area contributed by atoms with E-state index in [0.29, 0.717) is 28.2 Å². The van der Waals surface area contributed by atoms with Crippen LogP contribution >= 0.6 is 0 Å². The van der Waals surface area contributed by atoms with Gasteiger partial charge in [0.25, 0.3) is 0 Å². The summed E-state index contributed by atoms with van der Waals surface area (Å²) in [7, 11) is 3.28. The molecule has 0 aliphatic carbocycles. The third-order valence-electron chi connectivity index (χ3n) is 9.90.